The van der Waals surface area contributed by atoms with Gasteiger partial charge in [-0.25, -0.2) is 4.79 Å². The number of benzene rings is 2. The van der Waals surface area contributed by atoms with E-state index in [1.807, 2.05) is 71.4 Å². The van der Waals surface area contributed by atoms with Gasteiger partial charge in [0.25, 0.3) is 0 Å². The molecule has 33 heavy (non-hydrogen) atoms. The molecule has 0 radical (unpaired) electrons. The zero-order valence-corrected chi connectivity index (χ0v) is 18.9. The van der Waals surface area contributed by atoms with Gasteiger partial charge in [-0.05, 0) is 78.9 Å². The summed E-state index contributed by atoms with van der Waals surface area (Å²) in [6, 6.07) is 23.7. The second-order valence-corrected chi connectivity index (χ2v) is 8.45. The van der Waals surface area contributed by atoms with E-state index in [9.17, 15) is 9.90 Å². The number of hydrogen-bond donors (Lipinski definition) is 2. The minimum Gasteiger partial charge on any atom is -0.478 e. The van der Waals surface area contributed by atoms with Gasteiger partial charge in [-0.15, -0.1) is 0 Å². The second-order valence-electron chi connectivity index (χ2n) is 7.63. The van der Waals surface area contributed by atoms with Crippen molar-refractivity contribution in [3.63, 3.8) is 0 Å². The molecule has 1 aliphatic heterocycles. The van der Waals surface area contributed by atoms with E-state index < -0.39 is 5.97 Å². The number of carboxylic acids is 1. The van der Waals surface area contributed by atoms with Gasteiger partial charge in [-0.1, -0.05) is 23.7 Å². The summed E-state index contributed by atoms with van der Waals surface area (Å²) in [5.74, 6) is -0.969. The van der Waals surface area contributed by atoms with E-state index in [1.54, 1.807) is 24.4 Å². The zero-order valence-electron chi connectivity index (χ0n) is 17.3. The number of anilines is 1. The lowest BCUT2D eigenvalue weighted by molar-refractivity contribution is 0.0697. The number of nitrogens with zero attached hydrogens (tertiary/aromatic N) is 3. The Morgan fingerprint density at radius 3 is 2.55 bits per heavy atom. The average Bonchev–Trinajstić information content (AvgIpc) is 3.44. The Kier molecular flexibility index (Phi) is 5.58. The van der Waals surface area contributed by atoms with E-state index >= 15 is 0 Å². The highest BCUT2D eigenvalue weighted by Crippen LogP contribution is 2.42. The van der Waals surface area contributed by atoms with Gasteiger partial charge in [-0.2, -0.15) is 0 Å². The van der Waals surface area contributed by atoms with Crippen LogP contribution in [0.3, 0.4) is 0 Å². The number of aromatic carboxylic acids is 1. The largest absolute Gasteiger partial charge is 0.478 e. The molecule has 164 valence electrons. The molecule has 5 rings (SSSR count). The van der Waals surface area contributed by atoms with E-state index in [0.29, 0.717) is 10.1 Å². The number of aromatic nitrogens is 2. The van der Waals surface area contributed by atoms with Gasteiger partial charge in [0, 0.05) is 34.5 Å². The first-order valence-electron chi connectivity index (χ1n) is 10.3. The molecule has 0 spiro atoms. The SMILES string of the molecule is O=C(O)c1cccc(-n2cccc2[C@@H]2[C@H](c3ccccn3)NC(=S)N2c2ccc(Cl)cc2)c1. The van der Waals surface area contributed by atoms with Crippen molar-refractivity contribution in [1.29, 1.82) is 0 Å². The summed E-state index contributed by atoms with van der Waals surface area (Å²) < 4.78 is 1.99. The summed E-state index contributed by atoms with van der Waals surface area (Å²) in [7, 11) is 0. The fourth-order valence-electron chi connectivity index (χ4n) is 4.19. The summed E-state index contributed by atoms with van der Waals surface area (Å²) in [5.41, 5.74) is 3.67. The Labute approximate surface area is 201 Å². The zero-order chi connectivity index (χ0) is 22.9. The van der Waals surface area contributed by atoms with Crippen LogP contribution < -0.4 is 10.2 Å². The number of thiocarbonyl (C=S) groups is 1. The maximum Gasteiger partial charge on any atom is 0.335 e. The van der Waals surface area contributed by atoms with Crippen molar-refractivity contribution in [2.45, 2.75) is 12.1 Å². The highest BCUT2D eigenvalue weighted by atomic mass is 35.5. The van der Waals surface area contributed by atoms with Crippen molar-refractivity contribution in [3.8, 4) is 5.69 Å². The number of rotatable bonds is 5. The fourth-order valence-corrected chi connectivity index (χ4v) is 4.67. The summed E-state index contributed by atoms with van der Waals surface area (Å²) in [4.78, 5) is 18.2. The van der Waals surface area contributed by atoms with Gasteiger partial charge in [-0.3, -0.25) is 4.98 Å². The number of carbonyl (C=O) groups is 1. The maximum atomic E-state index is 11.5. The Bertz CT molecular complexity index is 1320. The van der Waals surface area contributed by atoms with Gasteiger partial charge >= 0.3 is 5.97 Å². The predicted molar refractivity (Wildman–Crippen MR) is 132 cm³/mol. The number of carboxylic acid groups (broad SMARTS) is 1. The van der Waals surface area contributed by atoms with E-state index in [-0.39, 0.29) is 17.6 Å². The van der Waals surface area contributed by atoms with Crippen LogP contribution in [0.1, 0.15) is 33.8 Å². The molecule has 2 aromatic carbocycles. The van der Waals surface area contributed by atoms with Gasteiger partial charge in [0.1, 0.15) is 6.04 Å². The summed E-state index contributed by atoms with van der Waals surface area (Å²) in [6.45, 7) is 0. The van der Waals surface area contributed by atoms with E-state index in [1.165, 1.54) is 0 Å². The molecule has 3 heterocycles. The van der Waals surface area contributed by atoms with Crippen LogP contribution in [0.4, 0.5) is 5.69 Å². The first-order chi connectivity index (χ1) is 16.0. The molecule has 4 aromatic rings. The van der Waals surface area contributed by atoms with Crippen LogP contribution in [0.15, 0.2) is 91.3 Å². The normalized spacial score (nSPS) is 17.7. The Morgan fingerprint density at radius 2 is 1.82 bits per heavy atom. The first-order valence-corrected chi connectivity index (χ1v) is 11.1. The van der Waals surface area contributed by atoms with Gasteiger partial charge < -0.3 is 19.9 Å². The number of pyridine rings is 1. The van der Waals surface area contributed by atoms with Crippen molar-refractivity contribution < 1.29 is 9.90 Å². The monoisotopic (exact) mass is 474 g/mol. The maximum absolute atomic E-state index is 11.5. The smallest absolute Gasteiger partial charge is 0.335 e. The minimum absolute atomic E-state index is 0.217. The summed E-state index contributed by atoms with van der Waals surface area (Å²) >= 11 is 11.9. The Morgan fingerprint density at radius 1 is 1.00 bits per heavy atom. The molecular formula is C25H19ClN4O2S. The van der Waals surface area contributed by atoms with Crippen molar-refractivity contribution in [2.24, 2.45) is 0 Å². The van der Waals surface area contributed by atoms with E-state index in [2.05, 4.69) is 15.2 Å². The molecule has 1 fully saturated rings. The molecule has 0 amide bonds. The van der Waals surface area contributed by atoms with Crippen LogP contribution in [0.2, 0.25) is 5.02 Å². The molecule has 2 aromatic heterocycles. The third-order valence-corrected chi connectivity index (χ3v) is 6.22. The van der Waals surface area contributed by atoms with E-state index in [0.717, 1.165) is 22.8 Å². The molecule has 0 saturated carbocycles. The molecule has 2 atom stereocenters. The van der Waals surface area contributed by atoms with Crippen LogP contribution in [-0.2, 0) is 0 Å². The molecule has 2 N–H and O–H groups in total. The van der Waals surface area contributed by atoms with Crippen molar-refractivity contribution >= 4 is 40.6 Å². The van der Waals surface area contributed by atoms with Crippen molar-refractivity contribution in [3.05, 3.63) is 113 Å². The van der Waals surface area contributed by atoms with Crippen LogP contribution in [0, 0.1) is 0 Å². The minimum atomic E-state index is -0.969. The van der Waals surface area contributed by atoms with E-state index in [4.69, 9.17) is 23.8 Å². The van der Waals surface area contributed by atoms with Crippen LogP contribution >= 0.6 is 23.8 Å². The Balaban J connectivity index is 1.66. The standard InChI is InChI=1S/C25H19ClN4O2S/c26-17-9-11-18(12-10-17)30-23(22(28-25(30)33)20-7-1-2-13-27-20)21-8-4-14-29(21)19-6-3-5-16(15-19)24(31)32/h1-15,22-23H,(H,28,33)(H,31,32)/t22-,23+/m0/s1. The third-order valence-electron chi connectivity index (χ3n) is 5.66. The molecular weight excluding hydrogens is 456 g/mol. The topological polar surface area (TPSA) is 70.4 Å². The molecule has 0 bridgehead atoms. The average molecular weight is 475 g/mol. The lowest BCUT2D eigenvalue weighted by Gasteiger charge is -2.29. The number of halogens is 1. The fraction of sp³-hybridized carbons (Fsp3) is 0.0800. The second kappa shape index (κ2) is 8.69. The third kappa shape index (κ3) is 3.97. The van der Waals surface area contributed by atoms with Crippen LogP contribution in [-0.4, -0.2) is 25.7 Å². The van der Waals surface area contributed by atoms with Crippen molar-refractivity contribution in [2.75, 3.05) is 4.90 Å². The lowest BCUT2D eigenvalue weighted by Crippen LogP contribution is -2.30. The first kappa shape index (κ1) is 21.2. The van der Waals surface area contributed by atoms with Gasteiger partial charge in [0.05, 0.1) is 17.3 Å². The molecule has 0 unspecified atom stereocenters. The molecule has 6 nitrogen and oxygen atoms in total. The quantitative estimate of drug-likeness (QED) is 0.377. The molecule has 1 aliphatic rings. The van der Waals surface area contributed by atoms with Gasteiger partial charge in [0.15, 0.2) is 5.11 Å². The highest BCUT2D eigenvalue weighted by Gasteiger charge is 2.42. The molecule has 8 heteroatoms. The summed E-state index contributed by atoms with van der Waals surface area (Å²) in [6.07, 6.45) is 3.69. The predicted octanol–water partition coefficient (Wildman–Crippen LogP) is 5.40. The number of nitrogens with one attached hydrogen (secondary N) is 1. The highest BCUT2D eigenvalue weighted by molar-refractivity contribution is 7.80. The van der Waals surface area contributed by atoms with Crippen LogP contribution in [0.25, 0.3) is 5.69 Å². The van der Waals surface area contributed by atoms with Gasteiger partial charge in [0.2, 0.25) is 0 Å². The van der Waals surface area contributed by atoms with Crippen LogP contribution in [0.5, 0.6) is 0 Å². The molecule has 1 saturated heterocycles. The number of hydrogen-bond acceptors (Lipinski definition) is 3. The molecule has 0 aliphatic carbocycles. The lowest BCUT2D eigenvalue weighted by atomic mass is 10.0. The Hall–Kier alpha value is -3.68. The summed E-state index contributed by atoms with van der Waals surface area (Å²) in [5, 5.41) is 14.1. The van der Waals surface area contributed by atoms with Crippen molar-refractivity contribution in [1.82, 2.24) is 14.9 Å².